The lowest BCUT2D eigenvalue weighted by Gasteiger charge is -2.36. The molecular formula is C15H19Br2NOSi. The van der Waals surface area contributed by atoms with Crippen LogP contribution in [0.5, 0.6) is 5.75 Å². The molecule has 108 valence electrons. The number of hydrogen-bond acceptors (Lipinski definition) is 2. The molecule has 0 fully saturated rings. The molecule has 2 aromatic rings. The molecule has 0 atom stereocenters. The van der Waals surface area contributed by atoms with Gasteiger partial charge in [-0.1, -0.05) is 26.8 Å². The van der Waals surface area contributed by atoms with Crippen molar-refractivity contribution in [2.24, 2.45) is 0 Å². The van der Waals surface area contributed by atoms with E-state index in [1.165, 1.54) is 0 Å². The summed E-state index contributed by atoms with van der Waals surface area (Å²) in [5, 5.41) is 1.24. The molecule has 0 radical (unpaired) electrons. The zero-order valence-electron chi connectivity index (χ0n) is 12.4. The molecule has 0 amide bonds. The average molecular weight is 417 g/mol. The van der Waals surface area contributed by atoms with Gasteiger partial charge in [-0.25, -0.2) is 0 Å². The van der Waals surface area contributed by atoms with E-state index in [0.29, 0.717) is 0 Å². The van der Waals surface area contributed by atoms with Gasteiger partial charge < -0.3 is 4.43 Å². The second-order valence-electron chi connectivity index (χ2n) is 6.46. The Labute approximate surface area is 138 Å². The minimum absolute atomic E-state index is 0.157. The quantitative estimate of drug-likeness (QED) is 0.548. The highest BCUT2D eigenvalue weighted by atomic mass is 79.9. The van der Waals surface area contributed by atoms with Crippen LogP contribution < -0.4 is 4.43 Å². The van der Waals surface area contributed by atoms with Crippen LogP contribution in [-0.4, -0.2) is 13.3 Å². The first-order valence-corrected chi connectivity index (χ1v) is 11.0. The summed E-state index contributed by atoms with van der Waals surface area (Å²) in [6.07, 6.45) is 1.81. The fraction of sp³-hybridized carbons (Fsp3) is 0.400. The molecule has 1 heterocycles. The van der Waals surface area contributed by atoms with Gasteiger partial charge >= 0.3 is 0 Å². The van der Waals surface area contributed by atoms with Gasteiger partial charge in [0.2, 0.25) is 0 Å². The zero-order valence-corrected chi connectivity index (χ0v) is 16.6. The molecule has 0 N–H and O–H groups in total. The Morgan fingerprint density at radius 1 is 1.15 bits per heavy atom. The fourth-order valence-electron chi connectivity index (χ4n) is 1.63. The number of halogens is 2. The molecule has 2 rings (SSSR count). The Bertz CT molecular complexity index is 650. The smallest absolute Gasteiger partial charge is 0.250 e. The second kappa shape index (κ2) is 5.43. The van der Waals surface area contributed by atoms with E-state index in [1.807, 2.05) is 12.3 Å². The molecular weight excluding hydrogens is 398 g/mol. The number of aromatic nitrogens is 1. The first-order chi connectivity index (χ1) is 9.12. The van der Waals surface area contributed by atoms with Crippen LogP contribution >= 0.6 is 31.9 Å². The zero-order chi connectivity index (χ0) is 15.1. The first kappa shape index (κ1) is 16.0. The van der Waals surface area contributed by atoms with Crippen LogP contribution in [0.2, 0.25) is 18.1 Å². The Hall–Kier alpha value is -0.393. The van der Waals surface area contributed by atoms with E-state index >= 15 is 0 Å². The lowest BCUT2D eigenvalue weighted by Crippen LogP contribution is -2.44. The number of hydrogen-bond donors (Lipinski definition) is 0. The van der Waals surface area contributed by atoms with Gasteiger partial charge in [0.05, 0.1) is 4.47 Å². The minimum Gasteiger partial charge on any atom is -0.541 e. The van der Waals surface area contributed by atoms with Gasteiger partial charge in [0.1, 0.15) is 11.3 Å². The van der Waals surface area contributed by atoms with Crippen molar-refractivity contribution in [1.82, 2.24) is 4.98 Å². The third kappa shape index (κ3) is 3.10. The van der Waals surface area contributed by atoms with Gasteiger partial charge in [0.25, 0.3) is 8.32 Å². The highest BCUT2D eigenvalue weighted by Crippen LogP contribution is 2.41. The van der Waals surface area contributed by atoms with Crippen LogP contribution in [0, 0.1) is 0 Å². The van der Waals surface area contributed by atoms with Crippen LogP contribution in [0.1, 0.15) is 20.8 Å². The average Bonchev–Trinajstić information content (AvgIpc) is 2.31. The van der Waals surface area contributed by atoms with Crippen molar-refractivity contribution in [3.05, 3.63) is 33.3 Å². The van der Waals surface area contributed by atoms with Crippen molar-refractivity contribution in [3.63, 3.8) is 0 Å². The third-order valence-corrected chi connectivity index (χ3v) is 9.27. The van der Waals surface area contributed by atoms with E-state index in [1.54, 1.807) is 0 Å². The summed E-state index contributed by atoms with van der Waals surface area (Å²) in [4.78, 5) is 4.53. The summed E-state index contributed by atoms with van der Waals surface area (Å²) in [6, 6.07) is 6.14. The predicted octanol–water partition coefficient (Wildman–Crippen LogP) is 6.14. The Balaban J connectivity index is 2.57. The van der Waals surface area contributed by atoms with Crippen molar-refractivity contribution in [3.8, 4) is 5.75 Å². The highest BCUT2D eigenvalue weighted by Gasteiger charge is 2.39. The summed E-state index contributed by atoms with van der Waals surface area (Å²) in [7, 11) is -1.89. The van der Waals surface area contributed by atoms with E-state index < -0.39 is 8.32 Å². The van der Waals surface area contributed by atoms with Crippen LogP contribution in [0.15, 0.2) is 33.3 Å². The SMILES string of the molecule is CC(C)(C)[Si](C)(C)Oc1c(Br)ccc2cc(Br)cnc12. The van der Waals surface area contributed by atoms with Gasteiger partial charge in [-0.2, -0.15) is 0 Å². The van der Waals surface area contributed by atoms with Crippen molar-refractivity contribution >= 4 is 51.1 Å². The fourth-order valence-corrected chi connectivity index (χ4v) is 3.55. The Morgan fingerprint density at radius 3 is 2.40 bits per heavy atom. The van der Waals surface area contributed by atoms with E-state index in [2.05, 4.69) is 82.8 Å². The van der Waals surface area contributed by atoms with Crippen molar-refractivity contribution in [2.75, 3.05) is 0 Å². The molecule has 2 nitrogen and oxygen atoms in total. The molecule has 20 heavy (non-hydrogen) atoms. The van der Waals surface area contributed by atoms with Crippen molar-refractivity contribution < 1.29 is 4.43 Å². The number of benzene rings is 1. The predicted molar refractivity (Wildman–Crippen MR) is 95.0 cm³/mol. The lowest BCUT2D eigenvalue weighted by atomic mass is 10.2. The van der Waals surface area contributed by atoms with Gasteiger partial charge in [-0.05, 0) is 62.1 Å². The normalized spacial score (nSPS) is 12.8. The van der Waals surface area contributed by atoms with Gasteiger partial charge in [-0.15, -0.1) is 0 Å². The molecule has 5 heteroatoms. The molecule has 0 saturated carbocycles. The second-order valence-corrected chi connectivity index (χ2v) is 13.0. The van der Waals surface area contributed by atoms with E-state index in [4.69, 9.17) is 4.43 Å². The maximum atomic E-state index is 6.46. The number of rotatable bonds is 2. The number of pyridine rings is 1. The van der Waals surface area contributed by atoms with E-state index in [0.717, 1.165) is 25.6 Å². The van der Waals surface area contributed by atoms with Gasteiger partial charge in [0.15, 0.2) is 0 Å². The summed E-state index contributed by atoms with van der Waals surface area (Å²) < 4.78 is 8.40. The van der Waals surface area contributed by atoms with Crippen molar-refractivity contribution in [2.45, 2.75) is 38.9 Å². The first-order valence-electron chi connectivity index (χ1n) is 6.54. The third-order valence-electron chi connectivity index (χ3n) is 3.89. The largest absolute Gasteiger partial charge is 0.541 e. The topological polar surface area (TPSA) is 22.1 Å². The van der Waals surface area contributed by atoms with E-state index in [-0.39, 0.29) is 5.04 Å². The van der Waals surface area contributed by atoms with E-state index in [9.17, 15) is 0 Å². The molecule has 1 aromatic heterocycles. The standard InChI is InChI=1S/C15H19Br2NOSi/c1-15(2,3)20(4,5)19-14-12(17)7-6-10-8-11(16)9-18-13(10)14/h6-9H,1-5H3. The molecule has 1 aromatic carbocycles. The summed E-state index contributed by atoms with van der Waals surface area (Å²) in [6.45, 7) is 11.2. The summed E-state index contributed by atoms with van der Waals surface area (Å²) in [5.41, 5.74) is 0.910. The highest BCUT2D eigenvalue weighted by molar-refractivity contribution is 9.10. The van der Waals surface area contributed by atoms with Gasteiger partial charge in [-0.3, -0.25) is 4.98 Å². The van der Waals surface area contributed by atoms with Crippen LogP contribution in [0.25, 0.3) is 10.9 Å². The Morgan fingerprint density at radius 2 is 1.80 bits per heavy atom. The van der Waals surface area contributed by atoms with Crippen LogP contribution in [-0.2, 0) is 0 Å². The number of fused-ring (bicyclic) bond motifs is 1. The maximum Gasteiger partial charge on any atom is 0.250 e. The minimum atomic E-state index is -1.89. The summed E-state index contributed by atoms with van der Waals surface area (Å²) in [5.74, 6) is 0.863. The molecule has 0 saturated heterocycles. The molecule has 0 bridgehead atoms. The Kier molecular flexibility index (Phi) is 4.34. The molecule has 0 aliphatic heterocycles. The molecule has 0 unspecified atom stereocenters. The molecule has 0 aliphatic rings. The number of nitrogens with zero attached hydrogens (tertiary/aromatic N) is 1. The molecule has 0 spiro atoms. The van der Waals surface area contributed by atoms with Crippen LogP contribution in [0.4, 0.5) is 0 Å². The summed E-state index contributed by atoms with van der Waals surface area (Å²) >= 11 is 7.06. The lowest BCUT2D eigenvalue weighted by molar-refractivity contribution is 0.493. The van der Waals surface area contributed by atoms with Crippen molar-refractivity contribution in [1.29, 1.82) is 0 Å². The van der Waals surface area contributed by atoms with Gasteiger partial charge in [0, 0.05) is 16.1 Å². The van der Waals surface area contributed by atoms with Crippen LogP contribution in [0.3, 0.4) is 0 Å². The maximum absolute atomic E-state index is 6.46. The molecule has 0 aliphatic carbocycles. The monoisotopic (exact) mass is 415 g/mol.